The van der Waals surface area contributed by atoms with Crippen LogP contribution in [-0.4, -0.2) is 76.9 Å². The molecule has 0 spiro atoms. The third-order valence-corrected chi connectivity index (χ3v) is 11.8. The highest BCUT2D eigenvalue weighted by Gasteiger charge is 2.27. The minimum atomic E-state index is -4.64. The summed E-state index contributed by atoms with van der Waals surface area (Å²) < 4.78 is 32.8. The van der Waals surface area contributed by atoms with Gasteiger partial charge in [-0.3, -0.25) is 18.6 Å². The van der Waals surface area contributed by atoms with Gasteiger partial charge in [-0.2, -0.15) is 0 Å². The van der Waals surface area contributed by atoms with Gasteiger partial charge in [-0.15, -0.1) is 0 Å². The Morgan fingerprint density at radius 1 is 0.571 bits per heavy atom. The van der Waals surface area contributed by atoms with Crippen LogP contribution in [0.5, 0.6) is 0 Å². The molecular formula is C51H91O11P. The topological polar surface area (TPSA) is 169 Å². The van der Waals surface area contributed by atoms with E-state index in [-0.39, 0.29) is 25.6 Å². The molecule has 12 heteroatoms. The Morgan fingerprint density at radius 2 is 1.05 bits per heavy atom. The van der Waals surface area contributed by atoms with Crippen LogP contribution < -0.4 is 0 Å². The Bertz CT molecular complexity index is 1260. The van der Waals surface area contributed by atoms with Crippen molar-refractivity contribution in [2.45, 2.75) is 219 Å². The van der Waals surface area contributed by atoms with E-state index in [0.717, 1.165) is 44.4 Å². The van der Waals surface area contributed by atoms with Crippen LogP contribution in [0.3, 0.4) is 0 Å². The van der Waals surface area contributed by atoms with Crippen molar-refractivity contribution in [1.29, 1.82) is 0 Å². The van der Waals surface area contributed by atoms with Crippen molar-refractivity contribution in [2.24, 2.45) is 5.92 Å². The number of rotatable bonds is 45. The van der Waals surface area contributed by atoms with Crippen LogP contribution in [0.25, 0.3) is 0 Å². The third kappa shape index (κ3) is 44.6. The lowest BCUT2D eigenvalue weighted by Crippen LogP contribution is -2.29. The zero-order valence-electron chi connectivity index (χ0n) is 39.8. The molecule has 4 N–H and O–H groups in total. The van der Waals surface area contributed by atoms with Crippen LogP contribution >= 0.6 is 7.82 Å². The Labute approximate surface area is 383 Å². The van der Waals surface area contributed by atoms with Crippen LogP contribution in [0.15, 0.2) is 60.8 Å². The first-order chi connectivity index (χ1) is 30.5. The monoisotopic (exact) mass is 911 g/mol. The smallest absolute Gasteiger partial charge is 0.462 e. The van der Waals surface area contributed by atoms with E-state index in [0.29, 0.717) is 25.7 Å². The van der Waals surface area contributed by atoms with E-state index in [1.165, 1.54) is 103 Å². The number of carbonyl (C=O) groups excluding carboxylic acids is 2. The molecule has 5 atom stereocenters. The average molecular weight is 911 g/mol. The number of hydrogen-bond donors (Lipinski definition) is 4. The number of aliphatic hydroxyl groups excluding tert-OH is 3. The molecule has 0 aromatic rings. The maximum Gasteiger partial charge on any atom is 0.472 e. The Kier molecular flexibility index (Phi) is 43.1. The fourth-order valence-electron chi connectivity index (χ4n) is 6.55. The molecule has 0 aliphatic rings. The zero-order valence-corrected chi connectivity index (χ0v) is 40.7. The molecule has 0 saturated carbocycles. The zero-order chi connectivity index (χ0) is 46.5. The molecule has 0 aliphatic heterocycles. The van der Waals surface area contributed by atoms with Crippen LogP contribution in [0.4, 0.5) is 0 Å². The first-order valence-electron chi connectivity index (χ1n) is 24.7. The molecule has 0 fully saturated rings. The van der Waals surface area contributed by atoms with E-state index < -0.39 is 51.8 Å². The Hall–Kier alpha value is -2.37. The summed E-state index contributed by atoms with van der Waals surface area (Å²) in [7, 11) is -4.64. The largest absolute Gasteiger partial charge is 0.472 e. The predicted molar refractivity (Wildman–Crippen MR) is 257 cm³/mol. The molecule has 0 aliphatic carbocycles. The molecule has 0 bridgehead atoms. The molecule has 0 radical (unpaired) electrons. The van der Waals surface area contributed by atoms with Crippen molar-refractivity contribution in [3.05, 3.63) is 60.8 Å². The second-order valence-electron chi connectivity index (χ2n) is 16.9. The molecular weight excluding hydrogens is 820 g/mol. The van der Waals surface area contributed by atoms with Gasteiger partial charge in [0.2, 0.25) is 0 Å². The second kappa shape index (κ2) is 44.8. The molecule has 0 aromatic carbocycles. The van der Waals surface area contributed by atoms with E-state index in [9.17, 15) is 29.3 Å². The summed E-state index contributed by atoms with van der Waals surface area (Å²) in [5.74, 6) is -0.121. The summed E-state index contributed by atoms with van der Waals surface area (Å²) in [4.78, 5) is 35.1. The van der Waals surface area contributed by atoms with Gasteiger partial charge in [-0.05, 0) is 50.9 Å². The fourth-order valence-corrected chi connectivity index (χ4v) is 7.34. The number of phosphoric ester groups is 1. The number of phosphoric acid groups is 1. The summed E-state index contributed by atoms with van der Waals surface area (Å²) in [6.07, 6.45) is 47.1. The molecule has 0 amide bonds. The number of unbranched alkanes of at least 4 members (excludes halogenated alkanes) is 18. The van der Waals surface area contributed by atoms with Gasteiger partial charge in [0.1, 0.15) is 12.7 Å². The van der Waals surface area contributed by atoms with E-state index in [2.05, 4.69) is 38.2 Å². The van der Waals surface area contributed by atoms with E-state index in [1.807, 2.05) is 37.3 Å². The SMILES string of the molecule is CCC(C)CCCCCCCCCCCCCCCCCCCCC(=O)O[C@H](COC(=O)CCC/C=C\C/C=C\C/C=C\C/C=C\C=C\[C@@H](O)CC)COP(=O)(O)OC[C@@H](O)CO. The number of aliphatic hydroxyl groups is 3. The summed E-state index contributed by atoms with van der Waals surface area (Å²) in [6, 6.07) is 0. The quantitative estimate of drug-likeness (QED) is 0.0151. The van der Waals surface area contributed by atoms with Crippen molar-refractivity contribution in [3.8, 4) is 0 Å². The minimum absolute atomic E-state index is 0.148. The van der Waals surface area contributed by atoms with Crippen molar-refractivity contribution in [3.63, 3.8) is 0 Å². The van der Waals surface area contributed by atoms with E-state index in [4.69, 9.17) is 23.6 Å². The minimum Gasteiger partial charge on any atom is -0.462 e. The third-order valence-electron chi connectivity index (χ3n) is 10.9. The highest BCUT2D eigenvalue weighted by molar-refractivity contribution is 7.47. The number of esters is 2. The van der Waals surface area contributed by atoms with Crippen molar-refractivity contribution in [2.75, 3.05) is 26.4 Å². The summed E-state index contributed by atoms with van der Waals surface area (Å²) in [5.41, 5.74) is 0. The Morgan fingerprint density at radius 3 is 1.57 bits per heavy atom. The lowest BCUT2D eigenvalue weighted by Gasteiger charge is -2.20. The molecule has 0 rings (SSSR count). The molecule has 11 nitrogen and oxygen atoms in total. The number of carbonyl (C=O) groups is 2. The van der Waals surface area contributed by atoms with Gasteiger partial charge in [-0.1, -0.05) is 204 Å². The van der Waals surface area contributed by atoms with Crippen molar-refractivity contribution >= 4 is 19.8 Å². The lowest BCUT2D eigenvalue weighted by molar-refractivity contribution is -0.161. The lowest BCUT2D eigenvalue weighted by atomic mass is 9.99. The van der Waals surface area contributed by atoms with Gasteiger partial charge < -0.3 is 29.7 Å². The molecule has 63 heavy (non-hydrogen) atoms. The van der Waals surface area contributed by atoms with E-state index >= 15 is 0 Å². The Balaban J connectivity index is 4.28. The average Bonchev–Trinajstić information content (AvgIpc) is 3.27. The summed E-state index contributed by atoms with van der Waals surface area (Å²) in [5, 5.41) is 27.9. The van der Waals surface area contributed by atoms with Gasteiger partial charge in [0.05, 0.1) is 25.9 Å². The highest BCUT2D eigenvalue weighted by atomic mass is 31.2. The number of ether oxygens (including phenoxy) is 2. The highest BCUT2D eigenvalue weighted by Crippen LogP contribution is 2.43. The first kappa shape index (κ1) is 60.6. The van der Waals surface area contributed by atoms with Crippen LogP contribution in [0, 0.1) is 5.92 Å². The maximum absolute atomic E-state index is 12.7. The second-order valence-corrected chi connectivity index (χ2v) is 18.4. The maximum atomic E-state index is 12.7. The number of allylic oxidation sites excluding steroid dienone is 9. The number of hydrogen-bond acceptors (Lipinski definition) is 10. The molecule has 0 aromatic heterocycles. The molecule has 0 saturated heterocycles. The molecule has 366 valence electrons. The summed E-state index contributed by atoms with van der Waals surface area (Å²) >= 11 is 0. The summed E-state index contributed by atoms with van der Waals surface area (Å²) in [6.45, 7) is 4.38. The van der Waals surface area contributed by atoms with Crippen LogP contribution in [0.2, 0.25) is 0 Å². The van der Waals surface area contributed by atoms with Gasteiger partial charge in [0, 0.05) is 12.8 Å². The van der Waals surface area contributed by atoms with Crippen molar-refractivity contribution in [1.82, 2.24) is 0 Å². The van der Waals surface area contributed by atoms with Gasteiger partial charge in [0.15, 0.2) is 6.10 Å². The van der Waals surface area contributed by atoms with Crippen LogP contribution in [0.1, 0.15) is 201 Å². The molecule has 0 heterocycles. The van der Waals surface area contributed by atoms with E-state index in [1.54, 1.807) is 6.08 Å². The standard InChI is InChI=1S/C51H91O11P/c1-4-46(3)38-34-30-26-22-18-14-10-8-6-7-9-11-17-21-25-29-33-37-41-51(56)62-49(45-61-63(57,58)60-43-48(54)42-52)44-59-50(55)40-36-32-28-24-20-16-13-12-15-19-23-27-31-35-39-47(53)5-2/h13,15-16,19,24,27-28,31,35,39,46-49,52-54H,4-12,14,17-18,20-23,25-26,29-30,32-34,36-38,40-45H2,1-3H3,(H,57,58)/b16-13-,19-15-,28-24-,31-27-,39-35+/t46?,47-,48-,49+/m0/s1. The first-order valence-corrected chi connectivity index (χ1v) is 26.2. The predicted octanol–water partition coefficient (Wildman–Crippen LogP) is 12.7. The van der Waals surface area contributed by atoms with Crippen LogP contribution in [-0.2, 0) is 32.7 Å². The molecule has 2 unspecified atom stereocenters. The van der Waals surface area contributed by atoms with Gasteiger partial charge in [-0.25, -0.2) is 4.57 Å². The van der Waals surface area contributed by atoms with Gasteiger partial charge in [0.25, 0.3) is 0 Å². The van der Waals surface area contributed by atoms with Gasteiger partial charge >= 0.3 is 19.8 Å². The van der Waals surface area contributed by atoms with Crippen molar-refractivity contribution < 1.29 is 52.9 Å². The normalized spacial score (nSPS) is 15.2. The fraction of sp³-hybridized carbons (Fsp3) is 0.765.